The van der Waals surface area contributed by atoms with Gasteiger partial charge in [-0.3, -0.25) is 19.8 Å². The zero-order valence-electron chi connectivity index (χ0n) is 19.0. The van der Waals surface area contributed by atoms with Gasteiger partial charge in [0.05, 0.1) is 30.3 Å². The summed E-state index contributed by atoms with van der Waals surface area (Å²) in [6, 6.07) is 17.9. The highest BCUT2D eigenvalue weighted by atomic mass is 16.6. The average Bonchev–Trinajstić information content (AvgIpc) is 2.86. The predicted octanol–water partition coefficient (Wildman–Crippen LogP) is 3.50. The van der Waals surface area contributed by atoms with Crippen LogP contribution in [0.1, 0.15) is 11.1 Å². The summed E-state index contributed by atoms with van der Waals surface area (Å²) >= 11 is 0. The molecule has 4 rings (SSSR count). The molecular weight excluding hydrogens is 434 g/mol. The summed E-state index contributed by atoms with van der Waals surface area (Å²) in [6.45, 7) is 4.18. The third-order valence-corrected chi connectivity index (χ3v) is 5.80. The molecule has 1 aliphatic rings. The number of benzene rings is 2. The van der Waals surface area contributed by atoms with Crippen LogP contribution >= 0.6 is 0 Å². The Balaban J connectivity index is 1.24. The first-order valence-corrected chi connectivity index (χ1v) is 11.1. The number of aromatic nitrogens is 1. The van der Waals surface area contributed by atoms with E-state index in [4.69, 9.17) is 4.74 Å². The molecular formula is C25H27N5O4. The summed E-state index contributed by atoms with van der Waals surface area (Å²) in [6.07, 6.45) is 1.97. The number of nitro benzene ring substituents is 1. The summed E-state index contributed by atoms with van der Waals surface area (Å²) in [4.78, 5) is 31.8. The van der Waals surface area contributed by atoms with Gasteiger partial charge >= 0.3 is 0 Å². The van der Waals surface area contributed by atoms with E-state index in [1.54, 1.807) is 25.4 Å². The third-order valence-electron chi connectivity index (χ3n) is 5.80. The smallest absolute Gasteiger partial charge is 0.269 e. The van der Waals surface area contributed by atoms with E-state index in [2.05, 4.69) is 20.1 Å². The van der Waals surface area contributed by atoms with Gasteiger partial charge in [0.2, 0.25) is 5.91 Å². The third kappa shape index (κ3) is 6.08. The number of anilines is 2. The maximum atomic E-state index is 12.3. The number of carbonyl (C=O) groups excluding carboxylic acids is 1. The van der Waals surface area contributed by atoms with Crippen molar-refractivity contribution >= 4 is 23.1 Å². The van der Waals surface area contributed by atoms with Crippen molar-refractivity contribution in [3.05, 3.63) is 88.1 Å². The van der Waals surface area contributed by atoms with Gasteiger partial charge < -0.3 is 15.0 Å². The van der Waals surface area contributed by atoms with E-state index >= 15 is 0 Å². The molecule has 0 bridgehead atoms. The Hall–Kier alpha value is -3.98. The minimum absolute atomic E-state index is 0.0976. The van der Waals surface area contributed by atoms with E-state index in [0.717, 1.165) is 55.4 Å². The Morgan fingerprint density at radius 2 is 1.68 bits per heavy atom. The maximum absolute atomic E-state index is 12.3. The quantitative estimate of drug-likeness (QED) is 0.405. The largest absolute Gasteiger partial charge is 0.497 e. The molecule has 9 nitrogen and oxygen atoms in total. The van der Waals surface area contributed by atoms with Crippen molar-refractivity contribution in [2.45, 2.75) is 13.0 Å². The molecule has 3 aromatic rings. The summed E-state index contributed by atoms with van der Waals surface area (Å²) < 4.78 is 5.14. The van der Waals surface area contributed by atoms with Crippen LogP contribution in [0.3, 0.4) is 0 Å². The number of carbonyl (C=O) groups is 1. The first-order valence-electron chi connectivity index (χ1n) is 11.1. The van der Waals surface area contributed by atoms with Crippen LogP contribution in [0.4, 0.5) is 17.2 Å². The number of nitro groups is 1. The summed E-state index contributed by atoms with van der Waals surface area (Å²) in [5.41, 5.74) is 2.75. The molecule has 2 aromatic carbocycles. The number of hydrogen-bond acceptors (Lipinski definition) is 7. The van der Waals surface area contributed by atoms with Gasteiger partial charge in [0.1, 0.15) is 11.6 Å². The number of amides is 1. The fraction of sp³-hybridized carbons (Fsp3) is 0.280. The van der Waals surface area contributed by atoms with Crippen LogP contribution < -0.4 is 15.0 Å². The first kappa shape index (κ1) is 23.2. The maximum Gasteiger partial charge on any atom is 0.269 e. The van der Waals surface area contributed by atoms with Gasteiger partial charge in [0, 0.05) is 44.9 Å². The lowest BCUT2D eigenvalue weighted by Gasteiger charge is -2.35. The standard InChI is InChI=1S/C25H27N5O4/c1-34-23-9-4-19(5-10-23)16-25(31)27-21-6-11-24(26-17-21)29-14-12-28(13-15-29)18-20-2-7-22(8-3-20)30(32)33/h2-11,17H,12-16,18H2,1H3,(H,27,31). The molecule has 9 heteroatoms. The molecule has 0 aliphatic carbocycles. The molecule has 176 valence electrons. The van der Waals surface area contributed by atoms with Crippen molar-refractivity contribution in [3.8, 4) is 5.75 Å². The molecule has 0 spiro atoms. The fourth-order valence-corrected chi connectivity index (χ4v) is 3.90. The van der Waals surface area contributed by atoms with E-state index in [-0.39, 0.29) is 22.9 Å². The van der Waals surface area contributed by atoms with Crippen LogP contribution in [-0.4, -0.2) is 54.0 Å². The number of methoxy groups -OCH3 is 1. The van der Waals surface area contributed by atoms with Crippen molar-refractivity contribution in [1.29, 1.82) is 0 Å². The topological polar surface area (TPSA) is 101 Å². The first-order chi connectivity index (χ1) is 16.5. The molecule has 1 aromatic heterocycles. The molecule has 2 heterocycles. The van der Waals surface area contributed by atoms with E-state index in [1.807, 2.05) is 48.5 Å². The zero-order valence-corrected chi connectivity index (χ0v) is 19.0. The number of nitrogens with zero attached hydrogens (tertiary/aromatic N) is 4. The van der Waals surface area contributed by atoms with Crippen molar-refractivity contribution in [1.82, 2.24) is 9.88 Å². The molecule has 0 unspecified atom stereocenters. The summed E-state index contributed by atoms with van der Waals surface area (Å²) in [5, 5.41) is 13.7. The molecule has 0 radical (unpaired) electrons. The van der Waals surface area contributed by atoms with E-state index in [1.165, 1.54) is 0 Å². The van der Waals surface area contributed by atoms with Gasteiger partial charge in [-0.15, -0.1) is 0 Å². The lowest BCUT2D eigenvalue weighted by Crippen LogP contribution is -2.46. The Kier molecular flexibility index (Phi) is 7.34. The number of ether oxygens (including phenoxy) is 1. The predicted molar refractivity (Wildman–Crippen MR) is 130 cm³/mol. The Morgan fingerprint density at radius 1 is 1.00 bits per heavy atom. The van der Waals surface area contributed by atoms with Crippen molar-refractivity contribution in [2.75, 3.05) is 43.5 Å². The van der Waals surface area contributed by atoms with Crippen LogP contribution in [-0.2, 0) is 17.8 Å². The van der Waals surface area contributed by atoms with Crippen molar-refractivity contribution in [3.63, 3.8) is 0 Å². The van der Waals surface area contributed by atoms with Crippen LogP contribution in [0, 0.1) is 10.1 Å². The zero-order chi connectivity index (χ0) is 23.9. The number of piperazine rings is 1. The Bertz CT molecular complexity index is 1110. The number of hydrogen-bond donors (Lipinski definition) is 1. The van der Waals surface area contributed by atoms with Crippen molar-refractivity contribution < 1.29 is 14.5 Å². The highest BCUT2D eigenvalue weighted by Gasteiger charge is 2.18. The summed E-state index contributed by atoms with van der Waals surface area (Å²) in [5.74, 6) is 1.54. The molecule has 34 heavy (non-hydrogen) atoms. The van der Waals surface area contributed by atoms with E-state index in [9.17, 15) is 14.9 Å². The highest BCUT2D eigenvalue weighted by molar-refractivity contribution is 5.92. The van der Waals surface area contributed by atoms with Gasteiger partial charge in [-0.25, -0.2) is 4.98 Å². The van der Waals surface area contributed by atoms with Gasteiger partial charge in [-0.2, -0.15) is 0 Å². The van der Waals surface area contributed by atoms with Gasteiger partial charge in [0.15, 0.2) is 0 Å². The fourth-order valence-electron chi connectivity index (χ4n) is 3.90. The minimum atomic E-state index is -0.382. The van der Waals surface area contributed by atoms with E-state index < -0.39 is 0 Å². The second-order valence-corrected chi connectivity index (χ2v) is 8.16. The summed E-state index contributed by atoms with van der Waals surface area (Å²) in [7, 11) is 1.61. The van der Waals surface area contributed by atoms with Crippen LogP contribution in [0.5, 0.6) is 5.75 Å². The SMILES string of the molecule is COc1ccc(CC(=O)Nc2ccc(N3CCN(Cc4ccc([N+](=O)[O-])cc4)CC3)nc2)cc1. The second-order valence-electron chi connectivity index (χ2n) is 8.16. The van der Waals surface area contributed by atoms with Gasteiger partial charge in [-0.1, -0.05) is 24.3 Å². The molecule has 1 aliphatic heterocycles. The van der Waals surface area contributed by atoms with Gasteiger partial charge in [0.25, 0.3) is 5.69 Å². The number of non-ortho nitro benzene ring substituents is 1. The number of nitrogens with one attached hydrogen (secondary N) is 1. The molecule has 1 fully saturated rings. The highest BCUT2D eigenvalue weighted by Crippen LogP contribution is 2.19. The lowest BCUT2D eigenvalue weighted by molar-refractivity contribution is -0.384. The molecule has 0 saturated carbocycles. The minimum Gasteiger partial charge on any atom is -0.497 e. The normalized spacial score (nSPS) is 14.0. The average molecular weight is 462 g/mol. The van der Waals surface area contributed by atoms with Gasteiger partial charge in [-0.05, 0) is 35.4 Å². The van der Waals surface area contributed by atoms with Crippen LogP contribution in [0.25, 0.3) is 0 Å². The number of pyridine rings is 1. The second kappa shape index (κ2) is 10.8. The monoisotopic (exact) mass is 461 g/mol. The molecule has 0 atom stereocenters. The number of rotatable bonds is 8. The molecule has 1 N–H and O–H groups in total. The Labute approximate surface area is 198 Å². The van der Waals surface area contributed by atoms with Crippen LogP contribution in [0.15, 0.2) is 66.9 Å². The Morgan fingerprint density at radius 3 is 2.26 bits per heavy atom. The van der Waals surface area contributed by atoms with Crippen molar-refractivity contribution in [2.24, 2.45) is 0 Å². The lowest BCUT2D eigenvalue weighted by atomic mass is 10.1. The van der Waals surface area contributed by atoms with Crippen LogP contribution in [0.2, 0.25) is 0 Å². The molecule has 1 saturated heterocycles. The molecule has 1 amide bonds. The van der Waals surface area contributed by atoms with E-state index in [0.29, 0.717) is 5.69 Å².